The summed E-state index contributed by atoms with van der Waals surface area (Å²) in [6.07, 6.45) is 0. The van der Waals surface area contributed by atoms with Crippen molar-refractivity contribution < 1.29 is 9.84 Å². The maximum absolute atomic E-state index is 8.49. The first-order chi connectivity index (χ1) is 7.22. The van der Waals surface area contributed by atoms with Gasteiger partial charge in [-0.15, -0.1) is 0 Å². The standard InChI is InChI=1S/C10H17N3O2/c1-8-7-10(13-9(2)12-8)11-3-5-15-6-4-14/h7,14H,3-6H2,1-2H3,(H,11,12,13). The van der Waals surface area contributed by atoms with Crippen molar-refractivity contribution in [3.8, 4) is 0 Å². The van der Waals surface area contributed by atoms with Gasteiger partial charge in [-0.3, -0.25) is 0 Å². The fraction of sp³-hybridized carbons (Fsp3) is 0.600. The van der Waals surface area contributed by atoms with E-state index in [-0.39, 0.29) is 6.61 Å². The summed E-state index contributed by atoms with van der Waals surface area (Å²) in [6.45, 7) is 5.47. The molecular weight excluding hydrogens is 194 g/mol. The lowest BCUT2D eigenvalue weighted by atomic mass is 10.4. The van der Waals surface area contributed by atoms with Crippen LogP contribution < -0.4 is 5.32 Å². The Labute approximate surface area is 89.5 Å². The Bertz CT molecular complexity index is 284. The molecule has 0 fully saturated rings. The van der Waals surface area contributed by atoms with E-state index in [0.717, 1.165) is 17.3 Å². The number of nitrogens with one attached hydrogen (secondary N) is 1. The molecule has 0 spiro atoms. The summed E-state index contributed by atoms with van der Waals surface area (Å²) in [7, 11) is 0. The number of anilines is 1. The van der Waals surface area contributed by atoms with Crippen LogP contribution >= 0.6 is 0 Å². The molecule has 0 aliphatic heterocycles. The first-order valence-electron chi connectivity index (χ1n) is 4.97. The van der Waals surface area contributed by atoms with Gasteiger partial charge < -0.3 is 15.2 Å². The van der Waals surface area contributed by atoms with Crippen molar-refractivity contribution in [3.63, 3.8) is 0 Å². The second-order valence-corrected chi connectivity index (χ2v) is 3.20. The molecule has 0 saturated heterocycles. The molecule has 84 valence electrons. The van der Waals surface area contributed by atoms with Gasteiger partial charge in [0.25, 0.3) is 0 Å². The lowest BCUT2D eigenvalue weighted by molar-refractivity contribution is 0.0992. The minimum atomic E-state index is 0.0612. The van der Waals surface area contributed by atoms with Gasteiger partial charge >= 0.3 is 0 Å². The second-order valence-electron chi connectivity index (χ2n) is 3.20. The molecule has 0 aliphatic rings. The SMILES string of the molecule is Cc1cc(NCCOCCO)nc(C)n1. The summed E-state index contributed by atoms with van der Waals surface area (Å²) in [5, 5.41) is 11.6. The van der Waals surface area contributed by atoms with Crippen molar-refractivity contribution in [2.24, 2.45) is 0 Å². The van der Waals surface area contributed by atoms with Crippen LogP contribution in [0.2, 0.25) is 0 Å². The first-order valence-corrected chi connectivity index (χ1v) is 4.97. The third-order valence-corrected chi connectivity index (χ3v) is 1.75. The molecule has 1 rings (SSSR count). The molecule has 0 bridgehead atoms. The van der Waals surface area contributed by atoms with Crippen molar-refractivity contribution in [2.45, 2.75) is 13.8 Å². The van der Waals surface area contributed by atoms with Crippen molar-refractivity contribution in [2.75, 3.05) is 31.7 Å². The summed E-state index contributed by atoms with van der Waals surface area (Å²) in [4.78, 5) is 8.40. The van der Waals surface area contributed by atoms with E-state index in [9.17, 15) is 0 Å². The minimum Gasteiger partial charge on any atom is -0.394 e. The summed E-state index contributed by atoms with van der Waals surface area (Å²) in [5.41, 5.74) is 0.946. The fourth-order valence-electron chi connectivity index (χ4n) is 1.23. The number of hydrogen-bond acceptors (Lipinski definition) is 5. The molecule has 1 aromatic heterocycles. The number of aryl methyl sites for hydroxylation is 2. The molecule has 1 aromatic rings. The molecule has 5 nitrogen and oxygen atoms in total. The summed E-state index contributed by atoms with van der Waals surface area (Å²) in [5.74, 6) is 1.57. The quantitative estimate of drug-likeness (QED) is 0.671. The summed E-state index contributed by atoms with van der Waals surface area (Å²) >= 11 is 0. The summed E-state index contributed by atoms with van der Waals surface area (Å²) < 4.78 is 5.11. The third-order valence-electron chi connectivity index (χ3n) is 1.75. The van der Waals surface area contributed by atoms with Crippen LogP contribution in [-0.4, -0.2) is 41.4 Å². The van der Waals surface area contributed by atoms with Crippen molar-refractivity contribution in [1.29, 1.82) is 0 Å². The van der Waals surface area contributed by atoms with Crippen molar-refractivity contribution >= 4 is 5.82 Å². The average Bonchev–Trinajstić information content (AvgIpc) is 2.16. The van der Waals surface area contributed by atoms with Gasteiger partial charge in [-0.25, -0.2) is 9.97 Å². The van der Waals surface area contributed by atoms with E-state index in [1.165, 1.54) is 0 Å². The third kappa shape index (κ3) is 4.71. The minimum absolute atomic E-state index is 0.0612. The number of ether oxygens (including phenoxy) is 1. The van der Waals surface area contributed by atoms with E-state index < -0.39 is 0 Å². The highest BCUT2D eigenvalue weighted by Gasteiger charge is 1.97. The zero-order valence-corrected chi connectivity index (χ0v) is 9.16. The van der Waals surface area contributed by atoms with Crippen LogP contribution in [0, 0.1) is 13.8 Å². The van der Waals surface area contributed by atoms with Crippen LogP contribution in [0.4, 0.5) is 5.82 Å². The number of aromatic nitrogens is 2. The molecule has 0 radical (unpaired) electrons. The van der Waals surface area contributed by atoms with Gasteiger partial charge in [0.1, 0.15) is 11.6 Å². The van der Waals surface area contributed by atoms with E-state index in [0.29, 0.717) is 19.8 Å². The molecule has 0 amide bonds. The van der Waals surface area contributed by atoms with Crippen molar-refractivity contribution in [3.05, 3.63) is 17.6 Å². The zero-order valence-electron chi connectivity index (χ0n) is 9.16. The van der Waals surface area contributed by atoms with Crippen LogP contribution in [0.3, 0.4) is 0 Å². The molecule has 0 aromatic carbocycles. The van der Waals surface area contributed by atoms with Crippen LogP contribution in [0.15, 0.2) is 6.07 Å². The van der Waals surface area contributed by atoms with Gasteiger partial charge in [-0.1, -0.05) is 0 Å². The Morgan fingerprint density at radius 1 is 1.33 bits per heavy atom. The molecule has 15 heavy (non-hydrogen) atoms. The molecule has 1 heterocycles. The molecule has 0 aliphatic carbocycles. The van der Waals surface area contributed by atoms with E-state index in [4.69, 9.17) is 9.84 Å². The highest BCUT2D eigenvalue weighted by atomic mass is 16.5. The Morgan fingerprint density at radius 2 is 2.13 bits per heavy atom. The van der Waals surface area contributed by atoms with Crippen LogP contribution in [-0.2, 0) is 4.74 Å². The molecular formula is C10H17N3O2. The maximum atomic E-state index is 8.49. The second kappa shape index (κ2) is 6.31. The predicted octanol–water partition coefficient (Wildman–Crippen LogP) is 0.514. The average molecular weight is 211 g/mol. The van der Waals surface area contributed by atoms with E-state index in [2.05, 4.69) is 15.3 Å². The predicted molar refractivity (Wildman–Crippen MR) is 57.9 cm³/mol. The smallest absolute Gasteiger partial charge is 0.129 e. The number of nitrogens with zero attached hydrogens (tertiary/aromatic N) is 2. The number of aliphatic hydroxyl groups excluding tert-OH is 1. The first kappa shape index (κ1) is 11.9. The highest BCUT2D eigenvalue weighted by molar-refractivity contribution is 5.35. The summed E-state index contributed by atoms with van der Waals surface area (Å²) in [6, 6.07) is 1.89. The fourth-order valence-corrected chi connectivity index (χ4v) is 1.23. The van der Waals surface area contributed by atoms with Gasteiger partial charge in [0.2, 0.25) is 0 Å². The molecule has 0 unspecified atom stereocenters. The number of aliphatic hydroxyl groups is 1. The number of hydrogen-bond donors (Lipinski definition) is 2. The van der Waals surface area contributed by atoms with Gasteiger partial charge in [0.05, 0.1) is 19.8 Å². The Balaban J connectivity index is 2.31. The van der Waals surface area contributed by atoms with E-state index in [1.54, 1.807) is 0 Å². The van der Waals surface area contributed by atoms with Crippen LogP contribution in [0.25, 0.3) is 0 Å². The Hall–Kier alpha value is -1.20. The monoisotopic (exact) mass is 211 g/mol. The Kier molecular flexibility index (Phi) is 5.00. The molecule has 0 saturated carbocycles. The van der Waals surface area contributed by atoms with Crippen LogP contribution in [0.5, 0.6) is 0 Å². The van der Waals surface area contributed by atoms with Gasteiger partial charge in [-0.2, -0.15) is 0 Å². The molecule has 5 heteroatoms. The number of rotatable bonds is 6. The van der Waals surface area contributed by atoms with E-state index >= 15 is 0 Å². The van der Waals surface area contributed by atoms with Crippen molar-refractivity contribution in [1.82, 2.24) is 9.97 Å². The topological polar surface area (TPSA) is 67.3 Å². The lowest BCUT2D eigenvalue weighted by Gasteiger charge is -2.07. The Morgan fingerprint density at radius 3 is 2.80 bits per heavy atom. The molecule has 2 N–H and O–H groups in total. The maximum Gasteiger partial charge on any atom is 0.129 e. The van der Waals surface area contributed by atoms with Gasteiger partial charge in [0, 0.05) is 18.3 Å². The van der Waals surface area contributed by atoms with Crippen LogP contribution in [0.1, 0.15) is 11.5 Å². The highest BCUT2D eigenvalue weighted by Crippen LogP contribution is 2.04. The van der Waals surface area contributed by atoms with Gasteiger partial charge in [-0.05, 0) is 13.8 Å². The largest absolute Gasteiger partial charge is 0.394 e. The molecule has 0 atom stereocenters. The van der Waals surface area contributed by atoms with E-state index in [1.807, 2.05) is 19.9 Å². The lowest BCUT2D eigenvalue weighted by Crippen LogP contribution is -2.12. The normalized spacial score (nSPS) is 10.3. The van der Waals surface area contributed by atoms with Gasteiger partial charge in [0.15, 0.2) is 0 Å². The zero-order chi connectivity index (χ0) is 11.1.